The van der Waals surface area contributed by atoms with E-state index in [0.29, 0.717) is 24.8 Å². The van der Waals surface area contributed by atoms with Crippen LogP contribution in [0.1, 0.15) is 24.2 Å². The van der Waals surface area contributed by atoms with Crippen LogP contribution in [0.5, 0.6) is 5.75 Å². The van der Waals surface area contributed by atoms with Crippen molar-refractivity contribution in [2.24, 2.45) is 5.73 Å². The van der Waals surface area contributed by atoms with Crippen molar-refractivity contribution in [1.29, 1.82) is 0 Å². The highest BCUT2D eigenvalue weighted by Gasteiger charge is 2.29. The minimum atomic E-state index is 0.0155. The van der Waals surface area contributed by atoms with Gasteiger partial charge < -0.3 is 15.4 Å². The van der Waals surface area contributed by atoms with E-state index >= 15 is 0 Å². The average molecular weight is 263 g/mol. The van der Waals surface area contributed by atoms with E-state index in [0.717, 1.165) is 24.2 Å². The maximum Gasteiger partial charge on any atom is 0.260 e. The number of hydrogen-bond acceptors (Lipinski definition) is 4. The first kappa shape index (κ1) is 13.8. The van der Waals surface area contributed by atoms with Crippen molar-refractivity contribution in [2.75, 3.05) is 20.2 Å². The molecule has 1 heterocycles. The largest absolute Gasteiger partial charge is 0.482 e. The summed E-state index contributed by atoms with van der Waals surface area (Å²) in [6.07, 6.45) is 2.86. The number of rotatable bonds is 6. The first-order valence-corrected chi connectivity index (χ1v) is 6.67. The number of aromatic nitrogens is 1. The van der Waals surface area contributed by atoms with Crippen molar-refractivity contribution in [3.63, 3.8) is 0 Å². The quantitative estimate of drug-likeness (QED) is 0.827. The molecule has 2 rings (SSSR count). The van der Waals surface area contributed by atoms with Gasteiger partial charge in [0, 0.05) is 25.2 Å². The van der Waals surface area contributed by atoms with Crippen molar-refractivity contribution < 1.29 is 9.53 Å². The normalized spacial score (nSPS) is 14.3. The van der Waals surface area contributed by atoms with Gasteiger partial charge in [0.1, 0.15) is 5.75 Å². The minimum absolute atomic E-state index is 0.0155. The number of likely N-dealkylation sites (N-methyl/N-ethyl adjacent to an activating group) is 1. The van der Waals surface area contributed by atoms with Crippen molar-refractivity contribution in [3.05, 3.63) is 23.5 Å². The fourth-order valence-electron chi connectivity index (χ4n) is 1.95. The number of amides is 1. The molecule has 2 N–H and O–H groups in total. The molecule has 1 aliphatic carbocycles. The van der Waals surface area contributed by atoms with Crippen LogP contribution in [0.2, 0.25) is 0 Å². The van der Waals surface area contributed by atoms with Crippen LogP contribution in [-0.4, -0.2) is 42.0 Å². The van der Waals surface area contributed by atoms with Gasteiger partial charge in [-0.05, 0) is 38.4 Å². The molecule has 1 fully saturated rings. The smallest absolute Gasteiger partial charge is 0.260 e. The predicted octanol–water partition coefficient (Wildman–Crippen LogP) is 0.891. The zero-order chi connectivity index (χ0) is 13.8. The Morgan fingerprint density at radius 1 is 1.53 bits per heavy atom. The van der Waals surface area contributed by atoms with E-state index in [4.69, 9.17) is 10.5 Å². The summed E-state index contributed by atoms with van der Waals surface area (Å²) < 4.78 is 5.60. The highest BCUT2D eigenvalue weighted by atomic mass is 16.5. The molecule has 0 saturated heterocycles. The molecule has 0 aromatic carbocycles. The first-order chi connectivity index (χ1) is 9.11. The number of carbonyl (C=O) groups excluding carboxylic acids is 1. The Hall–Kier alpha value is -1.62. The molecule has 0 radical (unpaired) electrons. The number of carbonyl (C=O) groups is 1. The number of aryl methyl sites for hydroxylation is 1. The molecule has 0 spiro atoms. The summed E-state index contributed by atoms with van der Waals surface area (Å²) in [6, 6.07) is 4.15. The molecule has 104 valence electrons. The van der Waals surface area contributed by atoms with E-state index in [1.165, 1.54) is 0 Å². The second-order valence-electron chi connectivity index (χ2n) is 4.96. The van der Waals surface area contributed by atoms with Crippen molar-refractivity contribution in [2.45, 2.75) is 32.2 Å². The van der Waals surface area contributed by atoms with Crippen LogP contribution in [-0.2, 0) is 11.2 Å². The van der Waals surface area contributed by atoms with Crippen LogP contribution in [0.3, 0.4) is 0 Å². The second-order valence-corrected chi connectivity index (χ2v) is 4.96. The van der Waals surface area contributed by atoms with E-state index in [1.807, 2.05) is 26.1 Å². The van der Waals surface area contributed by atoms with Crippen LogP contribution < -0.4 is 10.5 Å². The van der Waals surface area contributed by atoms with Crippen molar-refractivity contribution in [1.82, 2.24) is 9.88 Å². The number of nitrogens with two attached hydrogens (primary N) is 1. The molecule has 0 atom stereocenters. The van der Waals surface area contributed by atoms with E-state index in [9.17, 15) is 4.79 Å². The highest BCUT2D eigenvalue weighted by Crippen LogP contribution is 2.25. The van der Waals surface area contributed by atoms with Crippen LogP contribution >= 0.6 is 0 Å². The number of ether oxygens (including phenoxy) is 1. The zero-order valence-corrected chi connectivity index (χ0v) is 11.6. The van der Waals surface area contributed by atoms with Gasteiger partial charge in [-0.2, -0.15) is 0 Å². The number of pyridine rings is 1. The summed E-state index contributed by atoms with van der Waals surface area (Å²) in [5.41, 5.74) is 7.31. The van der Waals surface area contributed by atoms with Gasteiger partial charge in [-0.15, -0.1) is 0 Å². The summed E-state index contributed by atoms with van der Waals surface area (Å²) in [5, 5.41) is 0. The lowest BCUT2D eigenvalue weighted by Gasteiger charge is -2.17. The highest BCUT2D eigenvalue weighted by molar-refractivity contribution is 5.78. The van der Waals surface area contributed by atoms with E-state index < -0.39 is 0 Å². The molecule has 1 amide bonds. The number of hydrogen-bond donors (Lipinski definition) is 1. The third-order valence-electron chi connectivity index (χ3n) is 3.29. The third kappa shape index (κ3) is 3.67. The number of nitrogens with zero attached hydrogens (tertiary/aromatic N) is 2. The molecule has 1 saturated carbocycles. The Balaban J connectivity index is 1.96. The Labute approximate surface area is 113 Å². The van der Waals surface area contributed by atoms with Gasteiger partial charge in [0.25, 0.3) is 5.91 Å². The SMILES string of the molecule is Cc1ccc(OCC(=O)N(C)C2CC2)c(CCN)n1. The van der Waals surface area contributed by atoms with Gasteiger partial charge >= 0.3 is 0 Å². The zero-order valence-electron chi connectivity index (χ0n) is 11.6. The van der Waals surface area contributed by atoms with Gasteiger partial charge in [0.2, 0.25) is 0 Å². The first-order valence-electron chi connectivity index (χ1n) is 6.67. The Kier molecular flexibility index (Phi) is 4.37. The molecule has 0 bridgehead atoms. The van der Waals surface area contributed by atoms with Crippen molar-refractivity contribution in [3.8, 4) is 5.75 Å². The van der Waals surface area contributed by atoms with Crippen LogP contribution in [0.15, 0.2) is 12.1 Å². The fourth-order valence-corrected chi connectivity index (χ4v) is 1.95. The molecular weight excluding hydrogens is 242 g/mol. The Morgan fingerprint density at radius 3 is 2.89 bits per heavy atom. The molecule has 1 aromatic rings. The molecule has 5 heteroatoms. The van der Waals surface area contributed by atoms with E-state index in [-0.39, 0.29) is 12.5 Å². The van der Waals surface area contributed by atoms with Crippen LogP contribution in [0, 0.1) is 6.92 Å². The third-order valence-corrected chi connectivity index (χ3v) is 3.29. The maximum absolute atomic E-state index is 11.9. The van der Waals surface area contributed by atoms with Gasteiger partial charge in [-0.3, -0.25) is 9.78 Å². The summed E-state index contributed by atoms with van der Waals surface area (Å²) in [4.78, 5) is 18.1. The van der Waals surface area contributed by atoms with Gasteiger partial charge in [-0.25, -0.2) is 0 Å². The lowest BCUT2D eigenvalue weighted by atomic mass is 10.2. The summed E-state index contributed by atoms with van der Waals surface area (Å²) in [7, 11) is 1.83. The lowest BCUT2D eigenvalue weighted by Crippen LogP contribution is -2.33. The van der Waals surface area contributed by atoms with Gasteiger partial charge in [-0.1, -0.05) is 0 Å². The molecular formula is C14H21N3O2. The Morgan fingerprint density at radius 2 is 2.26 bits per heavy atom. The molecule has 0 unspecified atom stereocenters. The van der Waals surface area contributed by atoms with E-state index in [2.05, 4.69) is 4.98 Å². The Bertz CT molecular complexity index is 458. The summed E-state index contributed by atoms with van der Waals surface area (Å²) >= 11 is 0. The predicted molar refractivity (Wildman–Crippen MR) is 73.0 cm³/mol. The fraction of sp³-hybridized carbons (Fsp3) is 0.571. The topological polar surface area (TPSA) is 68.5 Å². The van der Waals surface area contributed by atoms with Gasteiger partial charge in [0.05, 0.1) is 5.69 Å². The van der Waals surface area contributed by atoms with Crippen LogP contribution in [0.25, 0.3) is 0 Å². The van der Waals surface area contributed by atoms with Crippen molar-refractivity contribution >= 4 is 5.91 Å². The molecule has 1 aliphatic rings. The average Bonchev–Trinajstić information content (AvgIpc) is 3.21. The monoisotopic (exact) mass is 263 g/mol. The molecule has 1 aromatic heterocycles. The molecule has 0 aliphatic heterocycles. The lowest BCUT2D eigenvalue weighted by molar-refractivity contribution is -0.132. The molecule has 5 nitrogen and oxygen atoms in total. The second kappa shape index (κ2) is 6.02. The van der Waals surface area contributed by atoms with E-state index in [1.54, 1.807) is 4.90 Å². The maximum atomic E-state index is 11.9. The van der Waals surface area contributed by atoms with Gasteiger partial charge in [0.15, 0.2) is 6.61 Å². The minimum Gasteiger partial charge on any atom is -0.482 e. The summed E-state index contributed by atoms with van der Waals surface area (Å²) in [5.74, 6) is 0.676. The molecule has 19 heavy (non-hydrogen) atoms. The summed E-state index contributed by atoms with van der Waals surface area (Å²) in [6.45, 7) is 2.51. The standard InChI is InChI=1S/C14H21N3O2/c1-10-3-6-13(12(16-10)7-8-15)19-9-14(18)17(2)11-4-5-11/h3,6,11H,4-5,7-9,15H2,1-2H3. The van der Waals surface area contributed by atoms with Crippen LogP contribution in [0.4, 0.5) is 0 Å².